The van der Waals surface area contributed by atoms with Gasteiger partial charge in [0.15, 0.2) is 0 Å². The second-order valence-corrected chi connectivity index (χ2v) is 14.1. The molecule has 3 atom stereocenters. The lowest BCUT2D eigenvalue weighted by Gasteiger charge is -2.38. The van der Waals surface area contributed by atoms with E-state index in [9.17, 15) is 4.79 Å². The van der Waals surface area contributed by atoms with E-state index < -0.39 is 5.79 Å². The third kappa shape index (κ3) is 7.15. The maximum atomic E-state index is 12.9. The molecule has 0 spiro atoms. The number of aromatic nitrogens is 6. The Morgan fingerprint density at radius 3 is 2.44 bits per heavy atom. The summed E-state index contributed by atoms with van der Waals surface area (Å²) in [4.78, 5) is 21.7. The van der Waals surface area contributed by atoms with Gasteiger partial charge in [-0.25, -0.2) is 23.7 Å². The van der Waals surface area contributed by atoms with Crippen LogP contribution < -0.4 is 20.2 Å². The van der Waals surface area contributed by atoms with Crippen molar-refractivity contribution in [2.24, 2.45) is 0 Å². The van der Waals surface area contributed by atoms with Crippen molar-refractivity contribution in [3.63, 3.8) is 0 Å². The largest absolute Gasteiger partial charge is 0.491 e. The molecule has 15 heteroatoms. The lowest BCUT2D eigenvalue weighted by atomic mass is 10.1. The van der Waals surface area contributed by atoms with Crippen LogP contribution in [0.2, 0.25) is 10.0 Å². The molecule has 0 radical (unpaired) electrons. The zero-order valence-electron chi connectivity index (χ0n) is 27.7. The van der Waals surface area contributed by atoms with E-state index in [4.69, 9.17) is 37.4 Å². The van der Waals surface area contributed by atoms with Gasteiger partial charge < -0.3 is 24.0 Å². The quantitative estimate of drug-likeness (QED) is 0.152. The highest BCUT2D eigenvalue weighted by Crippen LogP contribution is 2.40. The Balaban J connectivity index is 0.939. The lowest BCUT2D eigenvalue weighted by molar-refractivity contribution is -0.190. The van der Waals surface area contributed by atoms with Gasteiger partial charge in [-0.15, -0.1) is 0 Å². The molecule has 0 saturated carbocycles. The van der Waals surface area contributed by atoms with Crippen molar-refractivity contribution < 1.29 is 14.2 Å². The molecule has 262 valence electrons. The first-order valence-electron chi connectivity index (χ1n) is 16.5. The minimum atomic E-state index is -1.16. The zero-order chi connectivity index (χ0) is 34.8. The Hall–Kier alpha value is -3.88. The molecule has 50 heavy (non-hydrogen) atoms. The molecule has 0 unspecified atom stereocenters. The van der Waals surface area contributed by atoms with Crippen molar-refractivity contribution in [3.8, 4) is 11.4 Å². The molecule has 7 rings (SSSR count). The number of nitrogens with zero attached hydrogens (tertiary/aromatic N) is 8. The van der Waals surface area contributed by atoms with Gasteiger partial charge in [-0.3, -0.25) is 0 Å². The van der Waals surface area contributed by atoms with Crippen LogP contribution in [0.15, 0.2) is 88.9 Å². The fourth-order valence-electron chi connectivity index (χ4n) is 6.30. The van der Waals surface area contributed by atoms with Gasteiger partial charge in [0.05, 0.1) is 29.0 Å². The summed E-state index contributed by atoms with van der Waals surface area (Å²) in [5.74, 6) is -0.420. The normalized spacial score (nSPS) is 20.0. The standard InChI is InChI=1S/C35H37BrCl2N8O4/c1-3-24(2)46-34(47)45(23-41-46)27-7-11-33(31(36)17-27)43-14-12-42(13-15-43)26-5-8-28(9-6-26)48-18-29-19-49-35(50-29,20-44-22-39-21-40-44)30-10-4-25(37)16-32(30)38/h4-11,16-17,21-24,29H,3,12-15,18-20H2,1-2H3/t24-,29-,35-/m0/s1. The maximum Gasteiger partial charge on any atom is 0.350 e. The van der Waals surface area contributed by atoms with Gasteiger partial charge in [0, 0.05) is 46.9 Å². The highest BCUT2D eigenvalue weighted by Gasteiger charge is 2.45. The smallest absolute Gasteiger partial charge is 0.350 e. The van der Waals surface area contributed by atoms with Crippen LogP contribution in [0.5, 0.6) is 5.75 Å². The van der Waals surface area contributed by atoms with Crippen molar-refractivity contribution in [2.45, 2.75) is 44.7 Å². The number of anilines is 2. The first-order chi connectivity index (χ1) is 24.2. The molecule has 3 aromatic carbocycles. The van der Waals surface area contributed by atoms with Gasteiger partial charge >= 0.3 is 5.69 Å². The molecular formula is C35H37BrCl2N8O4. The highest BCUT2D eigenvalue weighted by atomic mass is 79.9. The fraction of sp³-hybridized carbons (Fsp3) is 0.371. The van der Waals surface area contributed by atoms with Gasteiger partial charge in [-0.2, -0.15) is 10.2 Å². The predicted octanol–water partition coefficient (Wildman–Crippen LogP) is 6.34. The summed E-state index contributed by atoms with van der Waals surface area (Å²) >= 11 is 16.5. The molecule has 2 aromatic heterocycles. The zero-order valence-corrected chi connectivity index (χ0v) is 30.8. The second-order valence-electron chi connectivity index (χ2n) is 12.4. The van der Waals surface area contributed by atoms with E-state index in [0.29, 0.717) is 28.8 Å². The average Bonchev–Trinajstić information content (AvgIpc) is 3.88. The predicted molar refractivity (Wildman–Crippen MR) is 196 cm³/mol. The molecule has 0 aliphatic carbocycles. The minimum Gasteiger partial charge on any atom is -0.491 e. The minimum absolute atomic E-state index is 0.0491. The van der Waals surface area contributed by atoms with Crippen LogP contribution in [0.1, 0.15) is 31.9 Å². The summed E-state index contributed by atoms with van der Waals surface area (Å²) < 4.78 is 24.6. The third-order valence-electron chi connectivity index (χ3n) is 9.21. The number of piperazine rings is 1. The number of hydrogen-bond donors (Lipinski definition) is 0. The lowest BCUT2D eigenvalue weighted by Crippen LogP contribution is -2.46. The number of halogens is 3. The first-order valence-corrected chi connectivity index (χ1v) is 18.1. The number of ether oxygens (including phenoxy) is 3. The number of hydrogen-bond acceptors (Lipinski definition) is 9. The number of benzene rings is 3. The molecule has 12 nitrogen and oxygen atoms in total. The van der Waals surface area contributed by atoms with E-state index in [1.165, 1.54) is 11.0 Å². The molecule has 0 amide bonds. The Morgan fingerprint density at radius 2 is 1.74 bits per heavy atom. The van der Waals surface area contributed by atoms with Crippen LogP contribution in [0.4, 0.5) is 11.4 Å². The van der Waals surface area contributed by atoms with Gasteiger partial charge in [0.25, 0.3) is 0 Å². The van der Waals surface area contributed by atoms with E-state index in [1.54, 1.807) is 34.0 Å². The number of rotatable bonds is 11. The second kappa shape index (κ2) is 14.8. The van der Waals surface area contributed by atoms with Gasteiger partial charge in [0.1, 0.15) is 44.0 Å². The first kappa shape index (κ1) is 34.6. The van der Waals surface area contributed by atoms with E-state index in [1.807, 2.05) is 44.2 Å². The van der Waals surface area contributed by atoms with Crippen LogP contribution >= 0.6 is 39.1 Å². The maximum absolute atomic E-state index is 12.9. The third-order valence-corrected chi connectivity index (χ3v) is 10.4. The SMILES string of the molecule is CC[C@H](C)n1ncn(-c2ccc(N3CCN(c4ccc(OC[C@H]5CO[C@](Cn6cncn6)(c6ccc(Cl)cc6Cl)O5)cc4)CC3)c(Br)c2)c1=O. The molecule has 0 bridgehead atoms. The van der Waals surface area contributed by atoms with Crippen LogP contribution in [0.25, 0.3) is 5.69 Å². The van der Waals surface area contributed by atoms with Gasteiger partial charge in [-0.05, 0) is 83.9 Å². The van der Waals surface area contributed by atoms with Crippen molar-refractivity contribution >= 4 is 50.5 Å². The summed E-state index contributed by atoms with van der Waals surface area (Å²) in [6.07, 6.45) is 5.16. The van der Waals surface area contributed by atoms with Crippen molar-refractivity contribution in [3.05, 3.63) is 110 Å². The van der Waals surface area contributed by atoms with E-state index in [0.717, 1.165) is 59.9 Å². The molecule has 2 fully saturated rings. The highest BCUT2D eigenvalue weighted by molar-refractivity contribution is 9.10. The Morgan fingerprint density at radius 1 is 0.980 bits per heavy atom. The Bertz CT molecular complexity index is 1980. The molecule has 2 saturated heterocycles. The summed E-state index contributed by atoms with van der Waals surface area (Å²) in [5.41, 5.74) is 3.54. The Labute approximate surface area is 308 Å². The van der Waals surface area contributed by atoms with Crippen molar-refractivity contribution in [2.75, 3.05) is 49.2 Å². The summed E-state index contributed by atoms with van der Waals surface area (Å²) in [5, 5.41) is 9.52. The van der Waals surface area contributed by atoms with E-state index in [-0.39, 0.29) is 24.4 Å². The van der Waals surface area contributed by atoms with Crippen molar-refractivity contribution in [1.29, 1.82) is 0 Å². The van der Waals surface area contributed by atoms with E-state index >= 15 is 0 Å². The summed E-state index contributed by atoms with van der Waals surface area (Å²) in [6, 6.07) is 19.5. The molecule has 2 aliphatic heterocycles. The van der Waals surface area contributed by atoms with Crippen LogP contribution in [-0.4, -0.2) is 74.6 Å². The molecule has 0 N–H and O–H groups in total. The fourth-order valence-corrected chi connectivity index (χ4v) is 7.47. The molecule has 2 aliphatic rings. The van der Waals surface area contributed by atoms with Crippen LogP contribution in [0, 0.1) is 0 Å². The summed E-state index contributed by atoms with van der Waals surface area (Å²) in [6.45, 7) is 8.36. The topological polar surface area (TPSA) is 105 Å². The summed E-state index contributed by atoms with van der Waals surface area (Å²) in [7, 11) is 0. The molecular weight excluding hydrogens is 747 g/mol. The molecule has 4 heterocycles. The Kier molecular flexibility index (Phi) is 10.2. The van der Waals surface area contributed by atoms with Gasteiger partial charge in [-0.1, -0.05) is 36.2 Å². The van der Waals surface area contributed by atoms with E-state index in [2.05, 4.69) is 59.1 Å². The monoisotopic (exact) mass is 782 g/mol. The van der Waals surface area contributed by atoms with Crippen LogP contribution in [-0.2, 0) is 21.8 Å². The average molecular weight is 785 g/mol. The molecule has 5 aromatic rings. The van der Waals surface area contributed by atoms with Gasteiger partial charge in [0.2, 0.25) is 5.79 Å². The van der Waals surface area contributed by atoms with Crippen LogP contribution in [0.3, 0.4) is 0 Å². The van der Waals surface area contributed by atoms with Crippen molar-refractivity contribution in [1.82, 2.24) is 29.1 Å².